The van der Waals surface area contributed by atoms with Gasteiger partial charge in [0.25, 0.3) is 0 Å². The summed E-state index contributed by atoms with van der Waals surface area (Å²) in [5.41, 5.74) is 6.08. The van der Waals surface area contributed by atoms with Crippen molar-refractivity contribution >= 4 is 35.4 Å². The van der Waals surface area contributed by atoms with Gasteiger partial charge >= 0.3 is 0 Å². The van der Waals surface area contributed by atoms with E-state index in [0.29, 0.717) is 13.1 Å². The van der Waals surface area contributed by atoms with Crippen molar-refractivity contribution in [3.05, 3.63) is 35.9 Å². The summed E-state index contributed by atoms with van der Waals surface area (Å²) in [6.07, 6.45) is 4.76. The van der Waals surface area contributed by atoms with Crippen molar-refractivity contribution in [1.29, 1.82) is 0 Å². The first-order valence-electron chi connectivity index (χ1n) is 18.4. The average Bonchev–Trinajstić information content (AvgIpc) is 3.55. The first-order chi connectivity index (χ1) is 23.5. The van der Waals surface area contributed by atoms with Crippen LogP contribution >= 0.6 is 11.8 Å². The highest BCUT2D eigenvalue weighted by Crippen LogP contribution is 2.39. The van der Waals surface area contributed by atoms with Crippen LogP contribution in [0, 0.1) is 29.6 Å². The van der Waals surface area contributed by atoms with E-state index in [2.05, 4.69) is 31.3 Å². The fourth-order valence-corrected chi connectivity index (χ4v) is 9.58. The fraction of sp³-hybridized carbons (Fsp3) is 0.744. The molecule has 1 aromatic rings. The monoisotopic (exact) mass is 717 g/mol. The summed E-state index contributed by atoms with van der Waals surface area (Å²) in [6, 6.07) is 9.59. The molecule has 2 rings (SSSR count). The van der Waals surface area contributed by atoms with E-state index in [1.54, 1.807) is 49.8 Å². The number of nitrogens with two attached hydrogens (primary N) is 1. The summed E-state index contributed by atoms with van der Waals surface area (Å²) in [7, 11) is 6.98. The molecule has 0 spiro atoms. The maximum absolute atomic E-state index is 14.6. The van der Waals surface area contributed by atoms with Gasteiger partial charge in [-0.05, 0) is 62.9 Å². The fourth-order valence-electron chi connectivity index (χ4n) is 8.45. The lowest BCUT2D eigenvalue weighted by atomic mass is 9.68. The molecule has 1 saturated heterocycles. The van der Waals surface area contributed by atoms with E-state index in [1.807, 2.05) is 64.0 Å². The minimum absolute atomic E-state index is 0.00261. The van der Waals surface area contributed by atoms with E-state index in [9.17, 15) is 19.2 Å². The summed E-state index contributed by atoms with van der Waals surface area (Å²) in [6.45, 7) is 15.0. The number of benzene rings is 1. The average molecular weight is 718 g/mol. The van der Waals surface area contributed by atoms with Crippen LogP contribution in [0.4, 0.5) is 0 Å². The molecule has 8 unspecified atom stereocenters. The van der Waals surface area contributed by atoms with Crippen LogP contribution < -0.4 is 11.1 Å². The van der Waals surface area contributed by atoms with Crippen molar-refractivity contribution in [1.82, 2.24) is 20.0 Å². The molecule has 4 amide bonds. The molecule has 10 nitrogen and oxygen atoms in total. The number of carbonyl (C=O) groups is 4. The molecule has 1 heterocycles. The molecule has 0 radical (unpaired) electrons. The molecule has 1 aliphatic heterocycles. The molecule has 284 valence electrons. The first-order valence-corrected chi connectivity index (χ1v) is 19.7. The summed E-state index contributed by atoms with van der Waals surface area (Å²) in [4.78, 5) is 60.9. The van der Waals surface area contributed by atoms with Crippen molar-refractivity contribution in [2.75, 3.05) is 47.6 Å². The Balaban J connectivity index is 2.31. The van der Waals surface area contributed by atoms with E-state index >= 15 is 0 Å². The molecular formula is C39H67N5O5S. The van der Waals surface area contributed by atoms with Gasteiger partial charge < -0.3 is 25.6 Å². The van der Waals surface area contributed by atoms with Crippen molar-refractivity contribution in [3.63, 3.8) is 0 Å². The number of carbonyl (C=O) groups excluding carboxylic acids is 4. The highest BCUT2D eigenvalue weighted by molar-refractivity contribution is 7.99. The number of nitrogens with zero attached hydrogens (tertiary/aromatic N) is 3. The molecule has 1 aromatic carbocycles. The number of likely N-dealkylation sites (N-methyl/N-ethyl adjacent to an activating group) is 2. The number of amides is 4. The van der Waals surface area contributed by atoms with Gasteiger partial charge in [0.15, 0.2) is 0 Å². The van der Waals surface area contributed by atoms with Gasteiger partial charge in [0.05, 0.1) is 24.5 Å². The highest BCUT2D eigenvalue weighted by Gasteiger charge is 2.55. The minimum Gasteiger partial charge on any atom is -0.379 e. The second kappa shape index (κ2) is 19.8. The molecule has 0 bridgehead atoms. The Morgan fingerprint density at radius 3 is 2.16 bits per heavy atom. The van der Waals surface area contributed by atoms with Gasteiger partial charge in [-0.1, -0.05) is 85.2 Å². The molecule has 1 fully saturated rings. The van der Waals surface area contributed by atoms with Crippen molar-refractivity contribution in [2.45, 2.75) is 110 Å². The third kappa shape index (κ3) is 9.82. The van der Waals surface area contributed by atoms with Crippen molar-refractivity contribution in [2.24, 2.45) is 35.3 Å². The second-order valence-electron chi connectivity index (χ2n) is 15.1. The van der Waals surface area contributed by atoms with Crippen LogP contribution in [0.25, 0.3) is 0 Å². The van der Waals surface area contributed by atoms with Crippen LogP contribution in [0.1, 0.15) is 79.7 Å². The molecule has 0 saturated carbocycles. The Kier molecular flexibility index (Phi) is 17.3. The largest absolute Gasteiger partial charge is 0.379 e. The number of methoxy groups -OCH3 is 1. The summed E-state index contributed by atoms with van der Waals surface area (Å²) in [5.74, 6) is -2.17. The number of hydrogen-bond acceptors (Lipinski definition) is 7. The van der Waals surface area contributed by atoms with Gasteiger partial charge in [-0.15, -0.1) is 0 Å². The Morgan fingerprint density at radius 2 is 1.68 bits per heavy atom. The van der Waals surface area contributed by atoms with E-state index in [0.717, 1.165) is 25.7 Å². The lowest BCUT2D eigenvalue weighted by Crippen LogP contribution is -2.68. The third-order valence-corrected chi connectivity index (χ3v) is 12.5. The SMILES string of the molecule is CCC(C)C(C(CC(=O)N1CCCC1C(SC)C(C)C(=O)NCCc1ccccc1)OC)N(C)C(=O)C(C(C)C)C(C(N)=O)(C(C)C)N(C)C. The van der Waals surface area contributed by atoms with Crippen LogP contribution in [0.2, 0.25) is 0 Å². The number of primary amides is 1. The Labute approximate surface area is 307 Å². The number of likely N-dealkylation sites (tertiary alicyclic amines) is 1. The van der Waals surface area contributed by atoms with Crippen molar-refractivity contribution in [3.8, 4) is 0 Å². The van der Waals surface area contributed by atoms with E-state index in [1.165, 1.54) is 5.56 Å². The zero-order valence-electron chi connectivity index (χ0n) is 32.9. The summed E-state index contributed by atoms with van der Waals surface area (Å²) in [5, 5.41) is 3.05. The minimum atomic E-state index is -1.21. The summed E-state index contributed by atoms with van der Waals surface area (Å²) < 4.78 is 6.08. The molecule has 0 aliphatic carbocycles. The normalized spacial score (nSPS) is 19.8. The quantitative estimate of drug-likeness (QED) is 0.201. The Bertz CT molecular complexity index is 1240. The second-order valence-corrected chi connectivity index (χ2v) is 16.1. The number of thioether (sulfide) groups is 1. The number of hydrogen-bond donors (Lipinski definition) is 2. The predicted octanol–water partition coefficient (Wildman–Crippen LogP) is 4.70. The van der Waals surface area contributed by atoms with Crippen LogP contribution in [0.5, 0.6) is 0 Å². The van der Waals surface area contributed by atoms with E-state index in [-0.39, 0.29) is 59.1 Å². The smallest absolute Gasteiger partial charge is 0.239 e. The van der Waals surface area contributed by atoms with Crippen LogP contribution in [-0.2, 0) is 30.3 Å². The number of rotatable bonds is 20. The number of nitrogens with one attached hydrogen (secondary N) is 1. The number of ether oxygens (including phenoxy) is 1. The maximum Gasteiger partial charge on any atom is 0.239 e. The molecular weight excluding hydrogens is 651 g/mol. The highest BCUT2D eigenvalue weighted by atomic mass is 32.2. The Morgan fingerprint density at radius 1 is 1.06 bits per heavy atom. The molecule has 50 heavy (non-hydrogen) atoms. The molecule has 3 N–H and O–H groups in total. The van der Waals surface area contributed by atoms with Crippen molar-refractivity contribution < 1.29 is 23.9 Å². The standard InChI is InChI=1S/C39H67N5O5S/c1-13-27(6)34(43(10)37(47)33(25(2)3)39(26(4)5,38(40)48)42(8)9)31(49-11)24-32(45)44-23-17-20-30(44)35(50-12)28(7)36(46)41-22-21-29-18-15-14-16-19-29/h14-16,18-19,25-28,30-31,33-35H,13,17,20-24H2,1-12H3,(H2,40,48)(H,41,46). The zero-order valence-corrected chi connectivity index (χ0v) is 33.7. The van der Waals surface area contributed by atoms with Crippen LogP contribution in [0.15, 0.2) is 30.3 Å². The third-order valence-electron chi connectivity index (χ3n) is 11.2. The van der Waals surface area contributed by atoms with E-state index < -0.39 is 29.5 Å². The van der Waals surface area contributed by atoms with Crippen LogP contribution in [0.3, 0.4) is 0 Å². The van der Waals surface area contributed by atoms with Gasteiger partial charge in [0, 0.05) is 44.5 Å². The predicted molar refractivity (Wildman–Crippen MR) is 205 cm³/mol. The van der Waals surface area contributed by atoms with Crippen LogP contribution in [-0.4, -0.2) is 115 Å². The van der Waals surface area contributed by atoms with Gasteiger partial charge in [-0.25, -0.2) is 0 Å². The lowest BCUT2D eigenvalue weighted by molar-refractivity contribution is -0.159. The molecule has 8 atom stereocenters. The topological polar surface area (TPSA) is 125 Å². The van der Waals surface area contributed by atoms with Gasteiger partial charge in [0.2, 0.25) is 23.6 Å². The lowest BCUT2D eigenvalue weighted by Gasteiger charge is -2.49. The van der Waals surface area contributed by atoms with Gasteiger partial charge in [0.1, 0.15) is 5.54 Å². The molecule has 1 aliphatic rings. The van der Waals surface area contributed by atoms with Gasteiger partial charge in [-0.3, -0.25) is 24.1 Å². The molecule has 0 aromatic heterocycles. The van der Waals surface area contributed by atoms with Gasteiger partial charge in [-0.2, -0.15) is 11.8 Å². The Hall–Kier alpha value is -2.63. The maximum atomic E-state index is 14.6. The summed E-state index contributed by atoms with van der Waals surface area (Å²) >= 11 is 1.64. The van der Waals surface area contributed by atoms with E-state index in [4.69, 9.17) is 10.5 Å². The first kappa shape index (κ1) is 43.5. The molecule has 11 heteroatoms. The zero-order chi connectivity index (χ0) is 37.9.